The van der Waals surface area contributed by atoms with Gasteiger partial charge in [0.2, 0.25) is 0 Å². The van der Waals surface area contributed by atoms with Gasteiger partial charge in [-0.05, 0) is 31.2 Å². The van der Waals surface area contributed by atoms with Gasteiger partial charge in [0, 0.05) is 19.1 Å². The highest BCUT2D eigenvalue weighted by Gasteiger charge is 2.17. The number of carbonyl (C=O) groups is 1. The van der Waals surface area contributed by atoms with Gasteiger partial charge in [-0.25, -0.2) is 9.37 Å². The molecule has 0 saturated carbocycles. The third kappa shape index (κ3) is 2.67. The van der Waals surface area contributed by atoms with Gasteiger partial charge in [0.15, 0.2) is 13.6 Å². The molecule has 4 nitrogen and oxygen atoms in total. The number of hydrogen-bond donors (Lipinski definition) is 0. The van der Waals surface area contributed by atoms with Gasteiger partial charge in [0.1, 0.15) is 11.6 Å². The molecule has 0 aliphatic carbocycles. The Morgan fingerprint density at radius 3 is 2.58 bits per heavy atom. The van der Waals surface area contributed by atoms with Gasteiger partial charge in [0.05, 0.1) is 5.69 Å². The summed E-state index contributed by atoms with van der Waals surface area (Å²) < 4.78 is 20.1. The van der Waals surface area contributed by atoms with Crippen molar-refractivity contribution in [3.8, 4) is 11.8 Å². The van der Waals surface area contributed by atoms with E-state index in [2.05, 4.69) is 4.98 Å². The molecule has 0 aliphatic rings. The molecule has 0 radical (unpaired) electrons. The highest BCUT2D eigenvalue weighted by atomic mass is 19.1. The van der Waals surface area contributed by atoms with E-state index in [0.717, 1.165) is 0 Å². The van der Waals surface area contributed by atoms with Crippen LogP contribution in [-0.2, 0) is 6.54 Å². The minimum atomic E-state index is -0.327. The topological polar surface area (TPSA) is 44.1 Å². The van der Waals surface area contributed by atoms with Crippen molar-refractivity contribution in [2.24, 2.45) is 0 Å². The number of ketones is 1. The van der Waals surface area contributed by atoms with Crippen LogP contribution in [0.1, 0.15) is 24.3 Å². The number of hydrogen-bond acceptors (Lipinski definition) is 3. The van der Waals surface area contributed by atoms with Gasteiger partial charge in [0.25, 0.3) is 0 Å². The first-order chi connectivity index (χ1) is 9.02. The summed E-state index contributed by atoms with van der Waals surface area (Å²) in [6, 6.07) is 6.01. The van der Waals surface area contributed by atoms with Crippen molar-refractivity contribution in [3.63, 3.8) is 0 Å². The monoisotopic (exact) mass is 260 g/mol. The number of carbonyl (C=O) groups excluding carboxylic acids is 1. The van der Waals surface area contributed by atoms with E-state index in [0.29, 0.717) is 29.6 Å². The van der Waals surface area contributed by atoms with Crippen molar-refractivity contribution in [1.29, 1.82) is 0 Å². The molecule has 98 valence electrons. The van der Waals surface area contributed by atoms with Gasteiger partial charge >= 0.3 is 6.01 Å². The van der Waals surface area contributed by atoms with E-state index in [-0.39, 0.29) is 11.6 Å². The lowest BCUT2D eigenvalue weighted by Gasteiger charge is -2.08. The molecule has 0 fully saturated rings. The van der Waals surface area contributed by atoms with Crippen molar-refractivity contribution in [3.05, 3.63) is 35.8 Å². The first kappa shape index (κ1) is 13.3. The van der Waals surface area contributed by atoms with Crippen molar-refractivity contribution in [2.75, 3.05) is 0 Å². The number of benzene rings is 1. The zero-order valence-corrected chi connectivity index (χ0v) is 11.1. The molecule has 0 aliphatic heterocycles. The summed E-state index contributed by atoms with van der Waals surface area (Å²) in [5.74, 6) is 0.101. The molecule has 0 amide bonds. The molecule has 0 spiro atoms. The molecule has 0 bridgehead atoms. The quantitative estimate of drug-likeness (QED) is 0.614. The fourth-order valence-electron chi connectivity index (χ4n) is 1.97. The van der Waals surface area contributed by atoms with E-state index >= 15 is 0 Å². The number of ether oxygens (including phenoxy) is 1. The second kappa shape index (κ2) is 5.26. The number of aromatic nitrogens is 2. The molecule has 1 aromatic carbocycles. The Hall–Kier alpha value is -2.11. The summed E-state index contributed by atoms with van der Waals surface area (Å²) in [6.45, 7) is 3.98. The number of Topliss-reactive ketones (excluding diaryl/α,β-unsaturated/α-hetero) is 1. The first-order valence-corrected chi connectivity index (χ1v) is 6.04. The van der Waals surface area contributed by atoms with Crippen LogP contribution in [0.2, 0.25) is 0 Å². The lowest BCUT2D eigenvalue weighted by atomic mass is 10.0. The van der Waals surface area contributed by atoms with Crippen molar-refractivity contribution in [2.45, 2.75) is 20.4 Å². The summed E-state index contributed by atoms with van der Waals surface area (Å²) in [4.78, 5) is 15.8. The predicted octanol–water partition coefficient (Wildman–Crippen LogP) is 1.30. The predicted molar refractivity (Wildman–Crippen MR) is 72.6 cm³/mol. The fraction of sp³-hybridized carbons (Fsp3) is 0.231. The van der Waals surface area contributed by atoms with Crippen molar-refractivity contribution >= 4 is 19.2 Å². The van der Waals surface area contributed by atoms with E-state index in [1.54, 1.807) is 12.4 Å². The second-order valence-electron chi connectivity index (χ2n) is 4.18. The van der Waals surface area contributed by atoms with Gasteiger partial charge in [-0.2, -0.15) is 0 Å². The Bertz CT molecular complexity index is 608. The Labute approximate surface area is 111 Å². The van der Waals surface area contributed by atoms with Crippen LogP contribution in [0.3, 0.4) is 0 Å². The number of imidazole rings is 1. The molecule has 0 atom stereocenters. The highest BCUT2D eigenvalue weighted by Crippen LogP contribution is 2.21. The molecule has 6 heteroatoms. The normalized spacial score (nSPS) is 10.5. The Morgan fingerprint density at radius 1 is 1.42 bits per heavy atom. The third-order valence-electron chi connectivity index (χ3n) is 2.78. The molecule has 2 aromatic rings. The maximum atomic E-state index is 12.8. The van der Waals surface area contributed by atoms with E-state index in [1.807, 2.05) is 6.92 Å². The van der Waals surface area contributed by atoms with E-state index in [9.17, 15) is 9.18 Å². The zero-order valence-electron chi connectivity index (χ0n) is 11.1. The van der Waals surface area contributed by atoms with Gasteiger partial charge in [-0.15, -0.1) is 0 Å². The van der Waals surface area contributed by atoms with Crippen LogP contribution in [0.4, 0.5) is 4.39 Å². The van der Waals surface area contributed by atoms with Crippen LogP contribution in [0, 0.1) is 5.82 Å². The maximum Gasteiger partial charge on any atom is 0.301 e. The van der Waals surface area contributed by atoms with Crippen molar-refractivity contribution in [1.82, 2.24) is 9.55 Å². The zero-order chi connectivity index (χ0) is 14.0. The van der Waals surface area contributed by atoms with Gasteiger partial charge in [-0.1, -0.05) is 0 Å². The van der Waals surface area contributed by atoms with E-state index in [4.69, 9.17) is 4.74 Å². The average Bonchev–Trinajstić information content (AvgIpc) is 2.68. The van der Waals surface area contributed by atoms with E-state index in [1.165, 1.54) is 31.2 Å². The van der Waals surface area contributed by atoms with Crippen LogP contribution in [0.25, 0.3) is 0 Å². The number of rotatable bonds is 4. The molecule has 19 heavy (non-hydrogen) atoms. The smallest absolute Gasteiger partial charge is 0.301 e. The van der Waals surface area contributed by atoms with Crippen LogP contribution in [0.15, 0.2) is 24.3 Å². The summed E-state index contributed by atoms with van der Waals surface area (Å²) in [5.41, 5.74) is 1.17. The molecular weight excluding hydrogens is 246 g/mol. The Morgan fingerprint density at radius 2 is 2.05 bits per heavy atom. The van der Waals surface area contributed by atoms with Crippen LogP contribution < -0.4 is 10.3 Å². The minimum absolute atomic E-state index is 0.0548. The van der Waals surface area contributed by atoms with Crippen molar-refractivity contribution < 1.29 is 13.9 Å². The standard InChI is InChI=1S/C13H14BFN2O2/c1-3-17-11(8(2)18)12(14)16-13(17)19-10-6-4-9(15)5-7-10/h4-7H,3,14H2,1-2H3. The largest absolute Gasteiger partial charge is 0.426 e. The summed E-state index contributed by atoms with van der Waals surface area (Å²) in [7, 11) is 1.76. The van der Waals surface area contributed by atoms with Gasteiger partial charge < -0.3 is 4.74 Å². The molecule has 2 rings (SSSR count). The van der Waals surface area contributed by atoms with Crippen LogP contribution >= 0.6 is 0 Å². The Kier molecular flexibility index (Phi) is 3.69. The van der Waals surface area contributed by atoms with Crippen LogP contribution in [-0.4, -0.2) is 23.2 Å². The second-order valence-corrected chi connectivity index (χ2v) is 4.18. The third-order valence-corrected chi connectivity index (χ3v) is 2.78. The highest BCUT2D eigenvalue weighted by molar-refractivity contribution is 6.34. The lowest BCUT2D eigenvalue weighted by Crippen LogP contribution is -2.17. The molecule has 1 aromatic heterocycles. The fourth-order valence-corrected chi connectivity index (χ4v) is 1.97. The van der Waals surface area contributed by atoms with Gasteiger partial charge in [-0.3, -0.25) is 9.36 Å². The molecule has 0 N–H and O–H groups in total. The molecule has 0 saturated heterocycles. The van der Waals surface area contributed by atoms with Crippen LogP contribution in [0.5, 0.6) is 11.8 Å². The summed E-state index contributed by atoms with van der Waals surface area (Å²) in [6.07, 6.45) is 0. The minimum Gasteiger partial charge on any atom is -0.426 e. The average molecular weight is 260 g/mol. The molecule has 1 heterocycles. The Balaban J connectivity index is 2.37. The molecular formula is C13H14BFN2O2. The lowest BCUT2D eigenvalue weighted by molar-refractivity contribution is 0.100. The summed E-state index contributed by atoms with van der Waals surface area (Å²) >= 11 is 0. The first-order valence-electron chi connectivity index (χ1n) is 6.04. The maximum absolute atomic E-state index is 12.8. The molecule has 0 unspecified atom stereocenters. The number of halogens is 1. The number of nitrogens with zero attached hydrogens (tertiary/aromatic N) is 2. The van der Waals surface area contributed by atoms with E-state index < -0.39 is 0 Å². The summed E-state index contributed by atoms with van der Waals surface area (Å²) in [5, 5.41) is 0. The SMILES string of the molecule is Bc1nc(Oc2ccc(F)cc2)n(CC)c1C(C)=O.